The van der Waals surface area contributed by atoms with Crippen LogP contribution in [0.2, 0.25) is 0 Å². The van der Waals surface area contributed by atoms with Crippen LogP contribution in [0.5, 0.6) is 5.75 Å². The van der Waals surface area contributed by atoms with E-state index in [4.69, 9.17) is 28.7 Å². The number of aromatic nitrogens is 2. The fraction of sp³-hybridized carbons (Fsp3) is 0.447. The number of imidazole rings is 1. The Hall–Kier alpha value is -4.74. The third-order valence-electron chi connectivity index (χ3n) is 10.8. The van der Waals surface area contributed by atoms with Crippen LogP contribution in [0.1, 0.15) is 81.4 Å². The van der Waals surface area contributed by atoms with E-state index in [1.54, 1.807) is 6.07 Å². The Balaban J connectivity index is 1.26. The van der Waals surface area contributed by atoms with Crippen molar-refractivity contribution < 1.29 is 33.6 Å². The third-order valence-corrected chi connectivity index (χ3v) is 10.8. The number of fused-ring (bicyclic) bond motifs is 1. The zero-order chi connectivity index (χ0) is 40.9. The Morgan fingerprint density at radius 3 is 2.35 bits per heavy atom. The maximum absolute atomic E-state index is 13.6. The molecule has 0 bridgehead atoms. The molecule has 0 spiro atoms. The average Bonchev–Trinajstić information content (AvgIpc) is 3.64. The molecule has 2 aromatic heterocycles. The summed E-state index contributed by atoms with van der Waals surface area (Å²) in [5.41, 5.74) is 8.03. The molecule has 1 N–H and O–H groups in total. The normalized spacial score (nSPS) is 15.5. The van der Waals surface area contributed by atoms with Gasteiger partial charge >= 0.3 is 5.97 Å². The first-order chi connectivity index (χ1) is 27.2. The highest BCUT2D eigenvalue weighted by Gasteiger charge is 2.38. The van der Waals surface area contributed by atoms with Gasteiger partial charge in [0.15, 0.2) is 6.10 Å². The Kier molecular flexibility index (Phi) is 13.1. The number of anilines is 1. The predicted octanol–water partition coefficient (Wildman–Crippen LogP) is 9.33. The van der Waals surface area contributed by atoms with Gasteiger partial charge in [-0.3, -0.25) is 4.40 Å². The molecule has 3 aromatic carbocycles. The summed E-state index contributed by atoms with van der Waals surface area (Å²) in [4.78, 5) is 21.2. The van der Waals surface area contributed by atoms with Crippen LogP contribution in [-0.4, -0.2) is 77.8 Å². The Morgan fingerprint density at radius 1 is 0.930 bits per heavy atom. The summed E-state index contributed by atoms with van der Waals surface area (Å²) in [7, 11) is 1.40. The van der Waals surface area contributed by atoms with Gasteiger partial charge in [-0.25, -0.2) is 9.78 Å². The lowest BCUT2D eigenvalue weighted by molar-refractivity contribution is -0.164. The summed E-state index contributed by atoms with van der Waals surface area (Å²) in [6, 6.07) is 23.8. The lowest BCUT2D eigenvalue weighted by atomic mass is 9.92. The first-order valence-electron chi connectivity index (χ1n) is 20.0. The lowest BCUT2D eigenvalue weighted by Gasteiger charge is -2.42. The minimum Gasteiger partial charge on any atom is -0.507 e. The molecule has 2 atom stereocenters. The number of carbonyl (C=O) groups excluding carboxylic acids is 1. The molecule has 1 aliphatic rings. The van der Waals surface area contributed by atoms with Gasteiger partial charge in [0.1, 0.15) is 17.2 Å². The number of rotatable bonds is 15. The van der Waals surface area contributed by atoms with Crippen molar-refractivity contribution in [2.45, 2.75) is 98.2 Å². The van der Waals surface area contributed by atoms with E-state index in [0.717, 1.165) is 74.5 Å². The van der Waals surface area contributed by atoms with E-state index in [2.05, 4.69) is 34.4 Å². The molecule has 5 aromatic rings. The van der Waals surface area contributed by atoms with Crippen molar-refractivity contribution in [1.82, 2.24) is 9.38 Å². The van der Waals surface area contributed by atoms with E-state index in [1.807, 2.05) is 103 Å². The molecule has 1 saturated heterocycles. The van der Waals surface area contributed by atoms with Crippen molar-refractivity contribution in [2.24, 2.45) is 0 Å². The fourth-order valence-electron chi connectivity index (χ4n) is 7.45. The van der Waals surface area contributed by atoms with E-state index in [1.165, 1.54) is 7.11 Å². The van der Waals surface area contributed by atoms with Crippen LogP contribution < -0.4 is 4.90 Å². The number of phenolic OH excluding ortho intramolecular Hbond substituents is 1. The molecular formula is C47H59N3O7. The maximum Gasteiger partial charge on any atom is 0.339 e. The van der Waals surface area contributed by atoms with Crippen molar-refractivity contribution in [1.29, 1.82) is 0 Å². The van der Waals surface area contributed by atoms with Gasteiger partial charge in [-0.05, 0) is 109 Å². The molecule has 0 radical (unpaired) electrons. The molecule has 57 heavy (non-hydrogen) atoms. The fourth-order valence-corrected chi connectivity index (χ4v) is 7.45. The number of pyridine rings is 1. The highest BCUT2D eigenvalue weighted by atomic mass is 16.6. The lowest BCUT2D eigenvalue weighted by Crippen LogP contribution is -2.46. The summed E-state index contributed by atoms with van der Waals surface area (Å²) in [5, 5.41) is 10.7. The summed E-state index contributed by atoms with van der Waals surface area (Å²) in [6.45, 7) is 19.5. The number of ether oxygens (including phenoxy) is 5. The third kappa shape index (κ3) is 10.0. The predicted molar refractivity (Wildman–Crippen MR) is 225 cm³/mol. The number of benzene rings is 3. The van der Waals surface area contributed by atoms with Crippen molar-refractivity contribution in [3.05, 3.63) is 107 Å². The number of aryl methyl sites for hydroxylation is 2. The Labute approximate surface area is 337 Å². The minimum atomic E-state index is -0.965. The highest BCUT2D eigenvalue weighted by Crippen LogP contribution is 2.41. The van der Waals surface area contributed by atoms with Gasteiger partial charge in [0, 0.05) is 36.0 Å². The Morgan fingerprint density at radius 2 is 1.65 bits per heavy atom. The van der Waals surface area contributed by atoms with Crippen molar-refractivity contribution >= 4 is 17.4 Å². The molecule has 1 unspecified atom stereocenters. The van der Waals surface area contributed by atoms with Crippen molar-refractivity contribution in [3.8, 4) is 28.1 Å². The molecular weight excluding hydrogens is 719 g/mol. The van der Waals surface area contributed by atoms with Gasteiger partial charge in [0.05, 0.1) is 56.5 Å². The SMILES string of the molecule is COC(=O)C(OC(C)(C)C)c1c(C)c(C)c2nc(-c3cccc(-c4cc(C)ccc4O)c3)cn2c1N1CCC(C)(OCCOC[C@H](C)OCc2ccccc2)CC1. The molecule has 10 heteroatoms. The summed E-state index contributed by atoms with van der Waals surface area (Å²) < 4.78 is 32.4. The van der Waals surface area contributed by atoms with E-state index < -0.39 is 17.7 Å². The van der Waals surface area contributed by atoms with Gasteiger partial charge in [-0.15, -0.1) is 0 Å². The zero-order valence-electron chi connectivity index (χ0n) is 35.1. The number of phenols is 1. The standard InChI is InChI=1S/C47H59N3O7/c1-31-18-19-40(51)38(26-31)36-16-13-17-37(27-36)39-28-50-43(48-39)34(4)33(3)41(42(45(52)53-9)57-46(5,6)7)44(50)49-22-20-47(8,21-23-49)56-25-24-54-29-32(2)55-30-35-14-11-10-12-15-35/h10-19,26-28,32,42,51H,20-25,29-30H2,1-9H3/t32-,42?/m0/s1. The highest BCUT2D eigenvalue weighted by molar-refractivity contribution is 5.82. The minimum absolute atomic E-state index is 0.0294. The molecule has 10 nitrogen and oxygen atoms in total. The summed E-state index contributed by atoms with van der Waals surface area (Å²) in [5.74, 6) is 0.629. The molecule has 0 aliphatic carbocycles. The van der Waals surface area contributed by atoms with E-state index >= 15 is 0 Å². The molecule has 3 heterocycles. The van der Waals surface area contributed by atoms with Crippen LogP contribution in [0.3, 0.4) is 0 Å². The largest absolute Gasteiger partial charge is 0.507 e. The number of esters is 1. The molecule has 6 rings (SSSR count). The van der Waals surface area contributed by atoms with E-state index in [-0.39, 0.29) is 17.5 Å². The van der Waals surface area contributed by atoms with Crippen molar-refractivity contribution in [3.63, 3.8) is 0 Å². The van der Waals surface area contributed by atoms with Crippen LogP contribution in [0, 0.1) is 20.8 Å². The van der Waals surface area contributed by atoms with Crippen LogP contribution in [0.15, 0.2) is 79.0 Å². The van der Waals surface area contributed by atoms with Crippen LogP contribution >= 0.6 is 0 Å². The van der Waals surface area contributed by atoms with Gasteiger partial charge in [-0.2, -0.15) is 0 Å². The number of hydrogen-bond acceptors (Lipinski definition) is 9. The molecule has 1 fully saturated rings. The number of piperidine rings is 1. The first kappa shape index (κ1) is 41.9. The maximum atomic E-state index is 13.6. The summed E-state index contributed by atoms with van der Waals surface area (Å²) in [6.07, 6.45) is 2.59. The first-order valence-corrected chi connectivity index (χ1v) is 20.0. The van der Waals surface area contributed by atoms with Gasteiger partial charge in [-0.1, -0.05) is 60.2 Å². The Bertz CT molecular complexity index is 2150. The van der Waals surface area contributed by atoms with E-state index in [0.29, 0.717) is 39.5 Å². The van der Waals surface area contributed by atoms with Crippen LogP contribution in [0.4, 0.5) is 5.82 Å². The number of methoxy groups -OCH3 is 1. The average molecular weight is 778 g/mol. The second kappa shape index (κ2) is 17.8. The van der Waals surface area contributed by atoms with E-state index in [9.17, 15) is 9.90 Å². The van der Waals surface area contributed by atoms with Gasteiger partial charge in [0.2, 0.25) is 0 Å². The molecule has 304 valence electrons. The molecule has 0 amide bonds. The van der Waals surface area contributed by atoms with Crippen LogP contribution in [-0.2, 0) is 35.1 Å². The number of nitrogens with zero attached hydrogens (tertiary/aromatic N) is 3. The van der Waals surface area contributed by atoms with Gasteiger partial charge in [0.25, 0.3) is 0 Å². The number of aromatic hydroxyl groups is 1. The second-order valence-electron chi connectivity index (χ2n) is 16.5. The second-order valence-corrected chi connectivity index (χ2v) is 16.5. The van der Waals surface area contributed by atoms with Crippen LogP contribution in [0.25, 0.3) is 28.0 Å². The topological polar surface area (TPSA) is 104 Å². The molecule has 1 aliphatic heterocycles. The molecule has 0 saturated carbocycles. The van der Waals surface area contributed by atoms with Gasteiger partial charge < -0.3 is 33.7 Å². The monoisotopic (exact) mass is 777 g/mol. The number of carbonyl (C=O) groups is 1. The van der Waals surface area contributed by atoms with Crippen molar-refractivity contribution in [2.75, 3.05) is 44.9 Å². The summed E-state index contributed by atoms with van der Waals surface area (Å²) >= 11 is 0. The quantitative estimate of drug-likeness (QED) is 0.0823. The zero-order valence-corrected chi connectivity index (χ0v) is 35.1. The smallest absolute Gasteiger partial charge is 0.339 e. The number of hydrogen-bond donors (Lipinski definition) is 1.